The number of carbonyl (C=O) groups is 1. The highest BCUT2D eigenvalue weighted by Crippen LogP contribution is 2.21. The third kappa shape index (κ3) is 5.71. The lowest BCUT2D eigenvalue weighted by atomic mass is 10.1. The van der Waals surface area contributed by atoms with Gasteiger partial charge in [-0.05, 0) is 42.5 Å². The van der Waals surface area contributed by atoms with Crippen molar-refractivity contribution >= 4 is 23.1 Å². The summed E-state index contributed by atoms with van der Waals surface area (Å²) in [6.07, 6.45) is -0.0709. The Kier molecular flexibility index (Phi) is 7.31. The monoisotopic (exact) mass is 402 g/mol. The van der Waals surface area contributed by atoms with Crippen molar-refractivity contribution in [2.24, 2.45) is 0 Å². The van der Waals surface area contributed by atoms with Crippen LogP contribution in [0.25, 0.3) is 0 Å². The van der Waals surface area contributed by atoms with Gasteiger partial charge in [0, 0.05) is 55.4 Å². The summed E-state index contributed by atoms with van der Waals surface area (Å²) in [5.41, 5.74) is 1.83. The summed E-state index contributed by atoms with van der Waals surface area (Å²) < 4.78 is 5.67. The van der Waals surface area contributed by atoms with Gasteiger partial charge in [0.25, 0.3) is 0 Å². The summed E-state index contributed by atoms with van der Waals surface area (Å²) in [6.45, 7) is 6.24. The molecule has 0 saturated carbocycles. The SMILES string of the molecule is CCC(=O)c1ccc(OC[C@H](O)CN2CCN(c3cccc(Cl)c3)CC2)cc1. The van der Waals surface area contributed by atoms with E-state index in [0.717, 1.165) is 36.9 Å². The molecule has 1 fully saturated rings. The van der Waals surface area contributed by atoms with Crippen molar-refractivity contribution in [1.29, 1.82) is 0 Å². The van der Waals surface area contributed by atoms with Crippen molar-refractivity contribution in [1.82, 2.24) is 4.90 Å². The fourth-order valence-corrected chi connectivity index (χ4v) is 3.53. The second kappa shape index (κ2) is 9.92. The van der Waals surface area contributed by atoms with Crippen molar-refractivity contribution in [2.75, 3.05) is 44.2 Å². The summed E-state index contributed by atoms with van der Waals surface area (Å²) in [7, 11) is 0. The second-order valence-corrected chi connectivity index (χ2v) is 7.47. The van der Waals surface area contributed by atoms with Crippen LogP contribution in [0, 0.1) is 0 Å². The van der Waals surface area contributed by atoms with Gasteiger partial charge in [0.1, 0.15) is 18.5 Å². The van der Waals surface area contributed by atoms with Crippen LogP contribution in [0.15, 0.2) is 48.5 Å². The molecule has 0 bridgehead atoms. The molecule has 0 unspecified atom stereocenters. The highest BCUT2D eigenvalue weighted by atomic mass is 35.5. The first kappa shape index (κ1) is 20.6. The van der Waals surface area contributed by atoms with Crippen LogP contribution >= 0.6 is 11.6 Å². The number of nitrogens with zero attached hydrogens (tertiary/aromatic N) is 2. The fourth-order valence-electron chi connectivity index (χ4n) is 3.35. The van der Waals surface area contributed by atoms with Crippen LogP contribution in [0.5, 0.6) is 5.75 Å². The molecule has 6 heteroatoms. The number of ether oxygens (including phenoxy) is 1. The van der Waals surface area contributed by atoms with Gasteiger partial charge in [-0.1, -0.05) is 24.6 Å². The van der Waals surface area contributed by atoms with Gasteiger partial charge in [-0.2, -0.15) is 0 Å². The minimum atomic E-state index is -0.560. The maximum Gasteiger partial charge on any atom is 0.162 e. The Labute approximate surface area is 171 Å². The van der Waals surface area contributed by atoms with E-state index in [9.17, 15) is 9.90 Å². The molecule has 0 aromatic heterocycles. The Hall–Kier alpha value is -2.08. The van der Waals surface area contributed by atoms with E-state index in [1.54, 1.807) is 24.3 Å². The van der Waals surface area contributed by atoms with Gasteiger partial charge in [0.15, 0.2) is 5.78 Å². The summed E-state index contributed by atoms with van der Waals surface area (Å²) in [4.78, 5) is 16.2. The number of Topliss-reactive ketones (excluding diaryl/α,β-unsaturated/α-hetero) is 1. The predicted octanol–water partition coefficient (Wildman–Crippen LogP) is 3.49. The molecule has 1 saturated heterocycles. The fraction of sp³-hybridized carbons (Fsp3) is 0.409. The first-order valence-corrected chi connectivity index (χ1v) is 10.1. The largest absolute Gasteiger partial charge is 0.491 e. The second-order valence-electron chi connectivity index (χ2n) is 7.03. The standard InChI is InChI=1S/C22H27ClN2O3/c1-2-22(27)17-6-8-21(9-7-17)28-16-20(26)15-24-10-12-25(13-11-24)19-5-3-4-18(23)14-19/h3-9,14,20,26H,2,10-13,15-16H2,1H3/t20-/m1/s1. The molecular weight excluding hydrogens is 376 g/mol. The van der Waals surface area contributed by atoms with Gasteiger partial charge in [-0.25, -0.2) is 0 Å². The quantitative estimate of drug-likeness (QED) is 0.685. The summed E-state index contributed by atoms with van der Waals surface area (Å²) in [5.74, 6) is 0.779. The van der Waals surface area contributed by atoms with Gasteiger partial charge >= 0.3 is 0 Å². The predicted molar refractivity (Wildman–Crippen MR) is 113 cm³/mol. The van der Waals surface area contributed by atoms with Crippen LogP contribution in [0.3, 0.4) is 0 Å². The third-order valence-corrected chi connectivity index (χ3v) is 5.19. The zero-order chi connectivity index (χ0) is 19.9. The van der Waals surface area contributed by atoms with E-state index in [4.69, 9.17) is 16.3 Å². The zero-order valence-electron chi connectivity index (χ0n) is 16.2. The van der Waals surface area contributed by atoms with Crippen molar-refractivity contribution in [3.05, 3.63) is 59.1 Å². The van der Waals surface area contributed by atoms with E-state index in [1.165, 1.54) is 0 Å². The summed E-state index contributed by atoms with van der Waals surface area (Å²) >= 11 is 6.08. The maximum atomic E-state index is 11.6. The van der Waals surface area contributed by atoms with Crippen molar-refractivity contribution in [3.63, 3.8) is 0 Å². The van der Waals surface area contributed by atoms with Crippen LogP contribution in [0.2, 0.25) is 5.02 Å². The van der Waals surface area contributed by atoms with Crippen molar-refractivity contribution in [3.8, 4) is 5.75 Å². The first-order valence-electron chi connectivity index (χ1n) is 9.72. The molecule has 3 rings (SSSR count). The number of hydrogen-bond donors (Lipinski definition) is 1. The molecular formula is C22H27ClN2O3. The van der Waals surface area contributed by atoms with Gasteiger partial charge in [-0.3, -0.25) is 9.69 Å². The minimum absolute atomic E-state index is 0.114. The van der Waals surface area contributed by atoms with Crippen LogP contribution in [-0.4, -0.2) is 61.2 Å². The number of aliphatic hydroxyl groups is 1. The highest BCUT2D eigenvalue weighted by Gasteiger charge is 2.20. The average Bonchev–Trinajstić information content (AvgIpc) is 2.72. The summed E-state index contributed by atoms with van der Waals surface area (Å²) in [6, 6.07) is 15.0. The molecule has 28 heavy (non-hydrogen) atoms. The van der Waals surface area contributed by atoms with E-state index >= 15 is 0 Å². The first-order chi connectivity index (χ1) is 13.5. The normalized spacial score (nSPS) is 16.0. The van der Waals surface area contributed by atoms with E-state index in [0.29, 0.717) is 24.3 Å². The van der Waals surface area contributed by atoms with Crippen molar-refractivity contribution in [2.45, 2.75) is 19.4 Å². The molecule has 2 aromatic rings. The lowest BCUT2D eigenvalue weighted by molar-refractivity contribution is 0.0663. The Morgan fingerprint density at radius 2 is 1.86 bits per heavy atom. The Morgan fingerprint density at radius 1 is 1.14 bits per heavy atom. The number of rotatable bonds is 8. The third-order valence-electron chi connectivity index (χ3n) is 4.95. The zero-order valence-corrected chi connectivity index (χ0v) is 16.9. The Balaban J connectivity index is 1.41. The molecule has 1 heterocycles. The molecule has 0 aliphatic carbocycles. The van der Waals surface area contributed by atoms with Crippen LogP contribution in [0.4, 0.5) is 5.69 Å². The summed E-state index contributed by atoms with van der Waals surface area (Å²) in [5, 5.41) is 11.1. The van der Waals surface area contributed by atoms with Gasteiger partial charge in [-0.15, -0.1) is 0 Å². The number of halogens is 1. The number of anilines is 1. The van der Waals surface area contributed by atoms with Crippen molar-refractivity contribution < 1.29 is 14.6 Å². The number of hydrogen-bond acceptors (Lipinski definition) is 5. The van der Waals surface area contributed by atoms with Gasteiger partial charge in [0.2, 0.25) is 0 Å². The molecule has 0 amide bonds. The average molecular weight is 403 g/mol. The van der Waals surface area contributed by atoms with E-state index < -0.39 is 6.10 Å². The molecule has 1 aliphatic heterocycles. The minimum Gasteiger partial charge on any atom is -0.491 e. The number of piperazine rings is 1. The van der Waals surface area contributed by atoms with E-state index in [2.05, 4.69) is 15.9 Å². The van der Waals surface area contributed by atoms with Gasteiger partial charge < -0.3 is 14.7 Å². The molecule has 1 atom stereocenters. The topological polar surface area (TPSA) is 53.0 Å². The molecule has 0 spiro atoms. The lowest BCUT2D eigenvalue weighted by Gasteiger charge is -2.36. The molecule has 0 radical (unpaired) electrons. The highest BCUT2D eigenvalue weighted by molar-refractivity contribution is 6.30. The number of aliphatic hydroxyl groups excluding tert-OH is 1. The lowest BCUT2D eigenvalue weighted by Crippen LogP contribution is -2.49. The molecule has 5 nitrogen and oxygen atoms in total. The number of ketones is 1. The smallest absolute Gasteiger partial charge is 0.162 e. The van der Waals surface area contributed by atoms with Crippen LogP contribution in [0.1, 0.15) is 23.7 Å². The van der Waals surface area contributed by atoms with E-state index in [1.807, 2.05) is 25.1 Å². The Morgan fingerprint density at radius 3 is 2.50 bits per heavy atom. The Bertz CT molecular complexity index is 774. The molecule has 2 aromatic carbocycles. The number of β-amino-alcohol motifs (C(OH)–C–C–N with tert-alkyl or cyclic N) is 1. The number of carbonyl (C=O) groups excluding carboxylic acids is 1. The maximum absolute atomic E-state index is 11.6. The molecule has 150 valence electrons. The molecule has 1 aliphatic rings. The van der Waals surface area contributed by atoms with Crippen LogP contribution in [-0.2, 0) is 0 Å². The molecule has 1 N–H and O–H groups in total. The van der Waals surface area contributed by atoms with Crippen LogP contribution < -0.4 is 9.64 Å². The van der Waals surface area contributed by atoms with E-state index in [-0.39, 0.29) is 12.4 Å². The number of benzene rings is 2. The van der Waals surface area contributed by atoms with Gasteiger partial charge in [0.05, 0.1) is 0 Å².